The lowest BCUT2D eigenvalue weighted by Crippen LogP contribution is -2.09. The molecule has 0 aliphatic carbocycles. The van der Waals surface area contributed by atoms with Gasteiger partial charge < -0.3 is 5.73 Å². The molecule has 0 aliphatic heterocycles. The van der Waals surface area contributed by atoms with Crippen molar-refractivity contribution >= 4 is 5.91 Å². The van der Waals surface area contributed by atoms with E-state index in [1.807, 2.05) is 0 Å². The van der Waals surface area contributed by atoms with E-state index in [4.69, 9.17) is 5.73 Å². The Morgan fingerprint density at radius 3 is 1.95 bits per heavy atom. The molecule has 2 N–H and O–H groups in total. The molecule has 124 valence electrons. The van der Waals surface area contributed by atoms with Crippen LogP contribution >= 0.6 is 0 Å². The minimum atomic E-state index is -0.163. The maximum Gasteiger partial charge on any atom is 0.217 e. The molecule has 0 aliphatic rings. The fourth-order valence-electron chi connectivity index (χ4n) is 2.61. The zero-order valence-electron chi connectivity index (χ0n) is 14.5. The number of nitrogens with two attached hydrogens (primary N) is 1. The zero-order chi connectivity index (χ0) is 15.8. The van der Waals surface area contributed by atoms with Crippen LogP contribution in [0.25, 0.3) is 0 Å². The van der Waals surface area contributed by atoms with Gasteiger partial charge in [0.2, 0.25) is 5.91 Å². The van der Waals surface area contributed by atoms with Gasteiger partial charge in [0, 0.05) is 6.42 Å². The number of carbonyl (C=O) groups excluding carboxylic acids is 1. The fourth-order valence-corrected chi connectivity index (χ4v) is 2.61. The van der Waals surface area contributed by atoms with Gasteiger partial charge in [-0.15, -0.1) is 0 Å². The minimum Gasteiger partial charge on any atom is -0.370 e. The van der Waals surface area contributed by atoms with Crippen LogP contribution in [-0.2, 0) is 4.79 Å². The van der Waals surface area contributed by atoms with Crippen LogP contribution in [0.4, 0.5) is 0 Å². The molecule has 0 aromatic carbocycles. The van der Waals surface area contributed by atoms with Crippen LogP contribution in [0.5, 0.6) is 0 Å². The number of hydrogen-bond donors (Lipinski definition) is 1. The number of carbonyl (C=O) groups is 1. The monoisotopic (exact) mass is 295 g/mol. The van der Waals surface area contributed by atoms with Crippen molar-refractivity contribution in [2.45, 2.75) is 104 Å². The Morgan fingerprint density at radius 1 is 0.810 bits per heavy atom. The molecule has 1 amide bonds. The third-order valence-electron chi connectivity index (χ3n) is 4.04. The van der Waals surface area contributed by atoms with Crippen molar-refractivity contribution in [3.05, 3.63) is 11.6 Å². The molecule has 2 nitrogen and oxygen atoms in total. The average molecular weight is 296 g/mol. The van der Waals surface area contributed by atoms with Gasteiger partial charge in [0.15, 0.2) is 0 Å². The Bertz CT molecular complexity index is 271. The largest absolute Gasteiger partial charge is 0.370 e. The molecule has 0 radical (unpaired) electrons. The third kappa shape index (κ3) is 17.2. The summed E-state index contributed by atoms with van der Waals surface area (Å²) >= 11 is 0. The molecule has 0 spiro atoms. The van der Waals surface area contributed by atoms with Crippen molar-refractivity contribution in [1.29, 1.82) is 0 Å². The van der Waals surface area contributed by atoms with Crippen molar-refractivity contribution in [2.75, 3.05) is 0 Å². The number of allylic oxidation sites excluding steroid dienone is 2. The summed E-state index contributed by atoms with van der Waals surface area (Å²) in [4.78, 5) is 10.6. The van der Waals surface area contributed by atoms with E-state index in [0.29, 0.717) is 6.42 Å². The first-order valence-corrected chi connectivity index (χ1v) is 9.10. The van der Waals surface area contributed by atoms with Crippen molar-refractivity contribution in [3.8, 4) is 0 Å². The highest BCUT2D eigenvalue weighted by atomic mass is 16.1. The number of primary amides is 1. The van der Waals surface area contributed by atoms with E-state index in [-0.39, 0.29) is 5.91 Å². The van der Waals surface area contributed by atoms with E-state index in [2.05, 4.69) is 19.9 Å². The summed E-state index contributed by atoms with van der Waals surface area (Å²) in [5.41, 5.74) is 6.67. The van der Waals surface area contributed by atoms with Gasteiger partial charge in [0.1, 0.15) is 0 Å². The van der Waals surface area contributed by atoms with Gasteiger partial charge in [-0.1, -0.05) is 69.9 Å². The lowest BCUT2D eigenvalue weighted by Gasteiger charge is -2.03. The lowest BCUT2D eigenvalue weighted by molar-refractivity contribution is -0.118. The van der Waals surface area contributed by atoms with Crippen LogP contribution in [0.2, 0.25) is 0 Å². The van der Waals surface area contributed by atoms with Gasteiger partial charge in [0.25, 0.3) is 0 Å². The molecule has 0 atom stereocenters. The number of amides is 1. The van der Waals surface area contributed by atoms with Crippen LogP contribution in [0.1, 0.15) is 104 Å². The molecular weight excluding hydrogens is 258 g/mol. The molecule has 0 saturated heterocycles. The first kappa shape index (κ1) is 20.2. The van der Waals surface area contributed by atoms with E-state index in [1.165, 1.54) is 70.6 Å². The van der Waals surface area contributed by atoms with E-state index in [0.717, 1.165) is 12.8 Å². The van der Waals surface area contributed by atoms with Crippen LogP contribution in [0.3, 0.4) is 0 Å². The normalized spacial score (nSPS) is 11.8. The molecule has 21 heavy (non-hydrogen) atoms. The molecule has 0 heterocycles. The van der Waals surface area contributed by atoms with Crippen LogP contribution in [0.15, 0.2) is 11.6 Å². The van der Waals surface area contributed by atoms with Crippen molar-refractivity contribution in [2.24, 2.45) is 5.73 Å². The van der Waals surface area contributed by atoms with Crippen molar-refractivity contribution in [3.63, 3.8) is 0 Å². The lowest BCUT2D eigenvalue weighted by atomic mass is 10.0. The molecular formula is C19H37NO. The second kappa shape index (κ2) is 15.6. The van der Waals surface area contributed by atoms with Gasteiger partial charge in [-0.25, -0.2) is 0 Å². The standard InChI is InChI=1S/C19H37NO/c1-3-4-5-6-7-9-12-15-18(2)16-13-10-8-11-14-17-19(20)21/h15H,3-14,16-17H2,1-2H3,(H2,20,21)/b18-15-. The van der Waals surface area contributed by atoms with Gasteiger partial charge in [-0.3, -0.25) is 4.79 Å². The van der Waals surface area contributed by atoms with Crippen LogP contribution in [0, 0.1) is 0 Å². The fraction of sp³-hybridized carbons (Fsp3) is 0.842. The summed E-state index contributed by atoms with van der Waals surface area (Å²) in [5.74, 6) is -0.163. The number of unbranched alkanes of at least 4 members (excludes halogenated alkanes) is 10. The number of rotatable bonds is 15. The maximum atomic E-state index is 10.6. The Morgan fingerprint density at radius 2 is 1.33 bits per heavy atom. The summed E-state index contributed by atoms with van der Waals surface area (Å²) in [7, 11) is 0. The van der Waals surface area contributed by atoms with E-state index in [9.17, 15) is 4.79 Å². The second-order valence-electron chi connectivity index (χ2n) is 6.34. The Labute approximate surface area is 132 Å². The third-order valence-corrected chi connectivity index (χ3v) is 4.04. The van der Waals surface area contributed by atoms with Crippen LogP contribution < -0.4 is 5.73 Å². The topological polar surface area (TPSA) is 43.1 Å². The predicted molar refractivity (Wildman–Crippen MR) is 93.3 cm³/mol. The molecule has 0 unspecified atom stereocenters. The molecule has 0 rings (SSSR count). The van der Waals surface area contributed by atoms with Gasteiger partial charge in [-0.2, -0.15) is 0 Å². The summed E-state index contributed by atoms with van der Waals surface area (Å²) in [5, 5.41) is 0. The zero-order valence-corrected chi connectivity index (χ0v) is 14.5. The SMILES string of the molecule is CCCCCCCC/C=C(/C)CCCCCCCC(N)=O. The van der Waals surface area contributed by atoms with E-state index >= 15 is 0 Å². The average Bonchev–Trinajstić information content (AvgIpc) is 2.45. The summed E-state index contributed by atoms with van der Waals surface area (Å²) < 4.78 is 0. The first-order chi connectivity index (χ1) is 10.2. The summed E-state index contributed by atoms with van der Waals surface area (Å²) in [6.45, 7) is 4.54. The predicted octanol–water partition coefficient (Wildman–Crippen LogP) is 5.90. The van der Waals surface area contributed by atoms with Crippen molar-refractivity contribution < 1.29 is 4.79 Å². The quantitative estimate of drug-likeness (QED) is 0.296. The summed E-state index contributed by atoms with van der Waals surface area (Å²) in [6.07, 6.45) is 19.7. The maximum absolute atomic E-state index is 10.6. The highest BCUT2D eigenvalue weighted by molar-refractivity contribution is 5.73. The minimum absolute atomic E-state index is 0.163. The first-order valence-electron chi connectivity index (χ1n) is 9.10. The van der Waals surface area contributed by atoms with Crippen LogP contribution in [-0.4, -0.2) is 5.91 Å². The molecule has 0 aromatic rings. The highest BCUT2D eigenvalue weighted by Gasteiger charge is 1.96. The van der Waals surface area contributed by atoms with E-state index in [1.54, 1.807) is 5.57 Å². The molecule has 0 saturated carbocycles. The smallest absolute Gasteiger partial charge is 0.217 e. The Kier molecular flexibility index (Phi) is 15.0. The second-order valence-corrected chi connectivity index (χ2v) is 6.34. The molecule has 0 fully saturated rings. The highest BCUT2D eigenvalue weighted by Crippen LogP contribution is 2.13. The van der Waals surface area contributed by atoms with E-state index < -0.39 is 0 Å². The van der Waals surface area contributed by atoms with Gasteiger partial charge in [-0.05, 0) is 39.0 Å². The summed E-state index contributed by atoms with van der Waals surface area (Å²) in [6, 6.07) is 0. The Balaban J connectivity index is 3.30. The molecule has 0 bridgehead atoms. The molecule has 2 heteroatoms. The number of hydrogen-bond acceptors (Lipinski definition) is 1. The van der Waals surface area contributed by atoms with Crippen molar-refractivity contribution in [1.82, 2.24) is 0 Å². The van der Waals surface area contributed by atoms with Gasteiger partial charge >= 0.3 is 0 Å². The molecule has 0 aromatic heterocycles. The van der Waals surface area contributed by atoms with Gasteiger partial charge in [0.05, 0.1) is 0 Å². The Hall–Kier alpha value is -0.790.